The van der Waals surface area contributed by atoms with E-state index >= 15 is 0 Å². The SMILES string of the molecule is N[C@H]1CCCC[C@@H]1N=C(Nc1ccc(S(N)(=O)=O)cc1)NC1CC1. The van der Waals surface area contributed by atoms with E-state index in [1.54, 1.807) is 12.1 Å². The summed E-state index contributed by atoms with van der Waals surface area (Å²) in [5.74, 6) is 0.711. The van der Waals surface area contributed by atoms with Gasteiger partial charge in [0.05, 0.1) is 10.9 Å². The second-order valence-corrected chi connectivity index (χ2v) is 8.17. The maximum atomic E-state index is 11.3. The molecule has 0 radical (unpaired) electrons. The van der Waals surface area contributed by atoms with E-state index in [9.17, 15) is 8.42 Å². The van der Waals surface area contributed by atoms with Crippen LogP contribution in [-0.4, -0.2) is 32.5 Å². The number of aliphatic imine (C=N–C) groups is 1. The van der Waals surface area contributed by atoms with Crippen LogP contribution in [0.4, 0.5) is 5.69 Å². The first-order valence-corrected chi connectivity index (χ1v) is 9.96. The van der Waals surface area contributed by atoms with Gasteiger partial charge in [-0.25, -0.2) is 18.5 Å². The van der Waals surface area contributed by atoms with Crippen molar-refractivity contribution in [3.05, 3.63) is 24.3 Å². The normalized spacial score (nSPS) is 25.3. The predicted octanol–water partition coefficient (Wildman–Crippen LogP) is 1.12. The van der Waals surface area contributed by atoms with Gasteiger partial charge < -0.3 is 16.4 Å². The molecule has 0 heterocycles. The third-order valence-corrected chi connectivity index (χ3v) is 5.37. The molecule has 2 aliphatic rings. The molecule has 24 heavy (non-hydrogen) atoms. The van der Waals surface area contributed by atoms with Crippen molar-refractivity contribution in [3.8, 4) is 0 Å². The monoisotopic (exact) mass is 351 g/mol. The summed E-state index contributed by atoms with van der Waals surface area (Å²) in [4.78, 5) is 4.88. The minimum atomic E-state index is -3.68. The molecule has 2 aliphatic carbocycles. The number of benzene rings is 1. The van der Waals surface area contributed by atoms with E-state index in [0.717, 1.165) is 37.8 Å². The molecule has 6 N–H and O–H groups in total. The minimum absolute atomic E-state index is 0.0935. The van der Waals surface area contributed by atoms with Crippen LogP contribution in [0.2, 0.25) is 0 Å². The number of nitrogens with two attached hydrogens (primary N) is 2. The number of rotatable bonds is 4. The highest BCUT2D eigenvalue weighted by molar-refractivity contribution is 7.89. The molecule has 3 rings (SSSR count). The number of hydrogen-bond acceptors (Lipinski definition) is 4. The van der Waals surface area contributed by atoms with E-state index in [1.807, 2.05) is 0 Å². The number of anilines is 1. The summed E-state index contributed by atoms with van der Waals surface area (Å²) < 4.78 is 22.7. The fraction of sp³-hybridized carbons (Fsp3) is 0.562. The zero-order valence-electron chi connectivity index (χ0n) is 13.6. The highest BCUT2D eigenvalue weighted by Crippen LogP contribution is 2.22. The van der Waals surface area contributed by atoms with Crippen molar-refractivity contribution in [1.29, 1.82) is 0 Å². The fourth-order valence-electron chi connectivity index (χ4n) is 2.86. The van der Waals surface area contributed by atoms with E-state index in [1.165, 1.54) is 18.6 Å². The molecule has 2 saturated carbocycles. The lowest BCUT2D eigenvalue weighted by Gasteiger charge is -2.26. The highest BCUT2D eigenvalue weighted by Gasteiger charge is 2.25. The lowest BCUT2D eigenvalue weighted by molar-refractivity contribution is 0.386. The number of sulfonamides is 1. The van der Waals surface area contributed by atoms with Gasteiger partial charge in [0.15, 0.2) is 5.96 Å². The van der Waals surface area contributed by atoms with E-state index in [-0.39, 0.29) is 17.0 Å². The largest absolute Gasteiger partial charge is 0.353 e. The van der Waals surface area contributed by atoms with Crippen molar-refractivity contribution in [2.24, 2.45) is 15.9 Å². The molecule has 8 heteroatoms. The standard InChI is InChI=1S/C16H25N5O2S/c17-14-3-1-2-4-15(14)21-16(19-11-5-6-11)20-12-7-9-13(10-8-12)24(18,22)23/h7-11,14-15H,1-6,17H2,(H2,18,22,23)(H2,19,20,21)/t14-,15-/m0/s1. The van der Waals surface area contributed by atoms with Crippen molar-refractivity contribution in [2.75, 3.05) is 5.32 Å². The summed E-state index contributed by atoms with van der Waals surface area (Å²) in [6.07, 6.45) is 6.61. The maximum Gasteiger partial charge on any atom is 0.238 e. The molecule has 7 nitrogen and oxygen atoms in total. The molecular formula is C16H25N5O2S. The van der Waals surface area contributed by atoms with Gasteiger partial charge in [-0.2, -0.15) is 0 Å². The minimum Gasteiger partial charge on any atom is -0.353 e. The number of guanidine groups is 1. The highest BCUT2D eigenvalue weighted by atomic mass is 32.2. The van der Waals surface area contributed by atoms with Crippen LogP contribution in [0.5, 0.6) is 0 Å². The summed E-state index contributed by atoms with van der Waals surface area (Å²) in [6, 6.07) is 7.02. The van der Waals surface area contributed by atoms with Crippen LogP contribution >= 0.6 is 0 Å². The van der Waals surface area contributed by atoms with Crippen LogP contribution in [0.1, 0.15) is 38.5 Å². The van der Waals surface area contributed by atoms with Crippen molar-refractivity contribution in [2.45, 2.75) is 61.5 Å². The molecule has 2 fully saturated rings. The summed E-state index contributed by atoms with van der Waals surface area (Å²) in [7, 11) is -3.68. The Bertz CT molecular complexity index is 698. The number of nitrogens with zero attached hydrogens (tertiary/aromatic N) is 1. The van der Waals surface area contributed by atoms with E-state index < -0.39 is 10.0 Å². The average molecular weight is 351 g/mol. The third-order valence-electron chi connectivity index (χ3n) is 4.44. The molecule has 0 saturated heterocycles. The van der Waals surface area contributed by atoms with Crippen LogP contribution in [-0.2, 0) is 10.0 Å². The Hall–Kier alpha value is -1.64. The fourth-order valence-corrected chi connectivity index (χ4v) is 3.37. The van der Waals surface area contributed by atoms with Gasteiger partial charge in [-0.3, -0.25) is 0 Å². The molecular weight excluding hydrogens is 326 g/mol. The Morgan fingerprint density at radius 1 is 1.08 bits per heavy atom. The molecule has 0 aromatic heterocycles. The summed E-state index contributed by atoms with van der Waals surface area (Å²) >= 11 is 0. The van der Waals surface area contributed by atoms with Gasteiger partial charge in [0.2, 0.25) is 10.0 Å². The molecule has 0 amide bonds. The molecule has 1 aromatic rings. The zero-order valence-corrected chi connectivity index (χ0v) is 14.4. The lowest BCUT2D eigenvalue weighted by Crippen LogP contribution is -2.40. The van der Waals surface area contributed by atoms with Crippen molar-refractivity contribution < 1.29 is 8.42 Å². The van der Waals surface area contributed by atoms with Crippen LogP contribution in [0, 0.1) is 0 Å². The molecule has 0 spiro atoms. The Morgan fingerprint density at radius 3 is 2.33 bits per heavy atom. The molecule has 0 unspecified atom stereocenters. The first-order valence-electron chi connectivity index (χ1n) is 8.41. The topological polar surface area (TPSA) is 123 Å². The van der Waals surface area contributed by atoms with E-state index in [0.29, 0.717) is 12.0 Å². The van der Waals surface area contributed by atoms with Gasteiger partial charge in [0.1, 0.15) is 0 Å². The van der Waals surface area contributed by atoms with E-state index in [4.69, 9.17) is 15.9 Å². The smallest absolute Gasteiger partial charge is 0.238 e. The third kappa shape index (κ3) is 4.68. The summed E-state index contributed by atoms with van der Waals surface area (Å²) in [6.45, 7) is 0. The quantitative estimate of drug-likeness (QED) is 0.478. The van der Waals surface area contributed by atoms with Gasteiger partial charge in [-0.1, -0.05) is 12.8 Å². The number of hydrogen-bond donors (Lipinski definition) is 4. The van der Waals surface area contributed by atoms with Crippen LogP contribution in [0.15, 0.2) is 34.2 Å². The van der Waals surface area contributed by atoms with Crippen molar-refractivity contribution in [3.63, 3.8) is 0 Å². The van der Waals surface area contributed by atoms with Gasteiger partial charge in [0, 0.05) is 17.8 Å². The maximum absolute atomic E-state index is 11.3. The van der Waals surface area contributed by atoms with Crippen LogP contribution in [0.25, 0.3) is 0 Å². The molecule has 1 aromatic carbocycles. The molecule has 2 atom stereocenters. The first-order chi connectivity index (χ1) is 11.4. The Kier molecular flexibility index (Phi) is 5.07. The second-order valence-electron chi connectivity index (χ2n) is 6.61. The van der Waals surface area contributed by atoms with Crippen LogP contribution < -0.4 is 21.5 Å². The number of primary sulfonamides is 1. The second kappa shape index (κ2) is 7.08. The average Bonchev–Trinajstić information content (AvgIpc) is 3.33. The van der Waals surface area contributed by atoms with Gasteiger partial charge in [-0.15, -0.1) is 0 Å². The molecule has 0 aliphatic heterocycles. The van der Waals surface area contributed by atoms with Gasteiger partial charge in [-0.05, 0) is 49.9 Å². The number of nitrogens with one attached hydrogen (secondary N) is 2. The van der Waals surface area contributed by atoms with Crippen LogP contribution in [0.3, 0.4) is 0 Å². The van der Waals surface area contributed by atoms with Gasteiger partial charge in [0.25, 0.3) is 0 Å². The molecule has 0 bridgehead atoms. The summed E-state index contributed by atoms with van der Waals surface area (Å²) in [5, 5.41) is 11.8. The van der Waals surface area contributed by atoms with Crippen molar-refractivity contribution >= 4 is 21.7 Å². The lowest BCUT2D eigenvalue weighted by atomic mass is 9.91. The Labute approximate surface area is 143 Å². The van der Waals surface area contributed by atoms with Crippen molar-refractivity contribution in [1.82, 2.24) is 5.32 Å². The summed E-state index contributed by atoms with van der Waals surface area (Å²) in [5.41, 5.74) is 6.95. The predicted molar refractivity (Wildman–Crippen MR) is 95.3 cm³/mol. The Balaban J connectivity index is 1.74. The first kappa shape index (κ1) is 17.2. The van der Waals surface area contributed by atoms with E-state index in [2.05, 4.69) is 10.6 Å². The zero-order chi connectivity index (χ0) is 17.2. The Morgan fingerprint density at radius 2 is 1.75 bits per heavy atom. The van der Waals surface area contributed by atoms with Gasteiger partial charge >= 0.3 is 0 Å². The molecule has 132 valence electrons.